The first-order valence-corrected chi connectivity index (χ1v) is 8.84. The Bertz CT molecular complexity index is 1000. The molecular formula is C17H17F3NO2S+. The Balaban J connectivity index is 2.53. The monoisotopic (exact) mass is 356 g/mol. The summed E-state index contributed by atoms with van der Waals surface area (Å²) < 4.78 is 65.2. The van der Waals surface area contributed by atoms with Gasteiger partial charge >= 0.3 is 5.51 Å². The first-order valence-electron chi connectivity index (χ1n) is 7.36. The molecule has 0 unspecified atom stereocenters. The predicted octanol–water partition coefficient (Wildman–Crippen LogP) is 4.16. The molecule has 1 aliphatic rings. The molecule has 0 aliphatic carbocycles. The van der Waals surface area contributed by atoms with Gasteiger partial charge in [0, 0.05) is 23.9 Å². The molecule has 3 rings (SSSR count). The molecule has 24 heavy (non-hydrogen) atoms. The topological polar surface area (TPSA) is 37.1 Å². The fourth-order valence-corrected chi connectivity index (χ4v) is 4.36. The number of rotatable bonds is 1. The van der Waals surface area contributed by atoms with Crippen LogP contribution in [0.25, 0.3) is 10.8 Å². The van der Waals surface area contributed by atoms with Gasteiger partial charge in [-0.25, -0.2) is 13.0 Å². The molecule has 0 bridgehead atoms. The maximum Gasteiger partial charge on any atom is 0.501 e. The molecule has 1 heterocycles. The Kier molecular flexibility index (Phi) is 3.40. The van der Waals surface area contributed by atoms with Crippen molar-refractivity contribution >= 4 is 32.0 Å². The van der Waals surface area contributed by atoms with Crippen molar-refractivity contribution in [1.82, 2.24) is 0 Å². The van der Waals surface area contributed by atoms with E-state index < -0.39 is 25.7 Å². The summed E-state index contributed by atoms with van der Waals surface area (Å²) in [5.41, 5.74) is -3.44. The zero-order chi connectivity index (χ0) is 18.1. The third-order valence-corrected chi connectivity index (χ3v) is 6.50. The van der Waals surface area contributed by atoms with Crippen LogP contribution < -0.4 is 0 Å². The van der Waals surface area contributed by atoms with Crippen molar-refractivity contribution in [3.8, 4) is 0 Å². The van der Waals surface area contributed by atoms with E-state index in [1.54, 1.807) is 29.8 Å². The molecule has 2 aromatic rings. The Hall–Kier alpha value is -1.89. The Morgan fingerprint density at radius 3 is 2.17 bits per heavy atom. The van der Waals surface area contributed by atoms with E-state index in [9.17, 15) is 21.6 Å². The van der Waals surface area contributed by atoms with Gasteiger partial charge in [-0.15, -0.1) is 0 Å². The number of hydrogen-bond acceptors (Lipinski definition) is 2. The smallest absolute Gasteiger partial charge is 0.214 e. The fourth-order valence-electron chi connectivity index (χ4n) is 3.38. The summed E-state index contributed by atoms with van der Waals surface area (Å²) in [6.07, 6.45) is 0. The third kappa shape index (κ3) is 2.03. The molecule has 0 amide bonds. The number of halogens is 3. The Morgan fingerprint density at radius 2 is 1.62 bits per heavy atom. The molecule has 0 saturated carbocycles. The van der Waals surface area contributed by atoms with E-state index in [1.807, 2.05) is 20.8 Å². The van der Waals surface area contributed by atoms with Crippen LogP contribution in [0.2, 0.25) is 0 Å². The average Bonchev–Trinajstić information content (AvgIpc) is 2.66. The molecule has 128 valence electrons. The second-order valence-electron chi connectivity index (χ2n) is 6.53. The van der Waals surface area contributed by atoms with E-state index in [0.29, 0.717) is 11.1 Å². The minimum Gasteiger partial charge on any atom is -0.214 e. The van der Waals surface area contributed by atoms with Crippen LogP contribution in [0.1, 0.15) is 26.3 Å². The Morgan fingerprint density at radius 1 is 1.08 bits per heavy atom. The van der Waals surface area contributed by atoms with E-state index in [4.69, 9.17) is 0 Å². The molecule has 0 radical (unpaired) electrons. The van der Waals surface area contributed by atoms with Crippen LogP contribution in [0, 0.1) is 0 Å². The quantitative estimate of drug-likeness (QED) is 0.720. The molecule has 2 aromatic carbocycles. The van der Waals surface area contributed by atoms with Crippen molar-refractivity contribution < 1.29 is 26.2 Å². The lowest BCUT2D eigenvalue weighted by atomic mass is 9.80. The minimum absolute atomic E-state index is 0.102. The van der Waals surface area contributed by atoms with E-state index in [1.165, 1.54) is 6.07 Å². The van der Waals surface area contributed by atoms with Gasteiger partial charge < -0.3 is 0 Å². The highest BCUT2D eigenvalue weighted by Crippen LogP contribution is 2.46. The van der Waals surface area contributed by atoms with Crippen LogP contribution >= 0.6 is 0 Å². The molecule has 0 N–H and O–H groups in total. The zero-order valence-corrected chi connectivity index (χ0v) is 14.5. The summed E-state index contributed by atoms with van der Waals surface area (Å²) in [6.45, 7) is 5.86. The van der Waals surface area contributed by atoms with E-state index in [0.717, 1.165) is 17.3 Å². The van der Waals surface area contributed by atoms with Gasteiger partial charge in [-0.05, 0) is 19.2 Å². The lowest BCUT2D eigenvalue weighted by Crippen LogP contribution is -2.26. The SMILES string of the molecule is CC1=[N+](C)c2cc(S(=O)(=O)C(F)(F)F)c3ccccc3c2C1(C)C. The average molecular weight is 356 g/mol. The van der Waals surface area contributed by atoms with Gasteiger partial charge in [-0.2, -0.15) is 13.2 Å². The summed E-state index contributed by atoms with van der Waals surface area (Å²) in [6, 6.07) is 7.51. The maximum atomic E-state index is 13.1. The number of benzene rings is 2. The van der Waals surface area contributed by atoms with E-state index >= 15 is 0 Å². The highest BCUT2D eigenvalue weighted by atomic mass is 32.2. The van der Waals surface area contributed by atoms with Crippen molar-refractivity contribution in [2.75, 3.05) is 7.05 Å². The van der Waals surface area contributed by atoms with Crippen molar-refractivity contribution in [2.24, 2.45) is 0 Å². The normalized spacial score (nSPS) is 17.5. The number of hydrogen-bond donors (Lipinski definition) is 0. The molecule has 0 spiro atoms. The number of fused-ring (bicyclic) bond motifs is 3. The zero-order valence-electron chi connectivity index (χ0n) is 13.7. The van der Waals surface area contributed by atoms with Crippen LogP contribution in [-0.2, 0) is 15.3 Å². The largest absolute Gasteiger partial charge is 0.501 e. The maximum absolute atomic E-state index is 13.1. The second kappa shape index (κ2) is 4.81. The minimum atomic E-state index is -5.44. The van der Waals surface area contributed by atoms with Gasteiger partial charge in [0.25, 0.3) is 9.84 Å². The summed E-state index contributed by atoms with van der Waals surface area (Å²) in [4.78, 5) is -0.693. The van der Waals surface area contributed by atoms with Crippen molar-refractivity contribution in [2.45, 2.75) is 36.6 Å². The highest BCUT2D eigenvalue weighted by Gasteiger charge is 2.50. The molecule has 0 saturated heterocycles. The van der Waals surface area contributed by atoms with Gasteiger partial charge in [-0.3, -0.25) is 0 Å². The van der Waals surface area contributed by atoms with Gasteiger partial charge in [0.05, 0.1) is 10.3 Å². The van der Waals surface area contributed by atoms with Crippen LogP contribution in [-0.4, -0.2) is 31.3 Å². The van der Waals surface area contributed by atoms with Gasteiger partial charge in [0.1, 0.15) is 7.05 Å². The number of alkyl halides is 3. The molecule has 0 atom stereocenters. The summed E-state index contributed by atoms with van der Waals surface area (Å²) >= 11 is 0. The van der Waals surface area contributed by atoms with Crippen LogP contribution in [0.15, 0.2) is 35.2 Å². The van der Waals surface area contributed by atoms with Crippen molar-refractivity contribution in [1.29, 1.82) is 0 Å². The van der Waals surface area contributed by atoms with E-state index in [-0.39, 0.29) is 5.39 Å². The number of nitrogens with zero attached hydrogens (tertiary/aromatic N) is 1. The predicted molar refractivity (Wildman–Crippen MR) is 86.7 cm³/mol. The lowest BCUT2D eigenvalue weighted by Gasteiger charge is -2.19. The number of sulfone groups is 1. The first kappa shape index (κ1) is 17.0. The molecule has 7 heteroatoms. The van der Waals surface area contributed by atoms with Crippen LogP contribution in [0.5, 0.6) is 0 Å². The van der Waals surface area contributed by atoms with Gasteiger partial charge in [-0.1, -0.05) is 24.3 Å². The van der Waals surface area contributed by atoms with Crippen molar-refractivity contribution in [3.63, 3.8) is 0 Å². The Labute approximate surface area is 138 Å². The highest BCUT2D eigenvalue weighted by molar-refractivity contribution is 7.92. The fraction of sp³-hybridized carbons (Fsp3) is 0.353. The molecule has 1 aliphatic heterocycles. The lowest BCUT2D eigenvalue weighted by molar-refractivity contribution is -0.403. The third-order valence-electron chi connectivity index (χ3n) is 4.97. The summed E-state index contributed by atoms with van der Waals surface area (Å²) in [5.74, 6) is 0. The van der Waals surface area contributed by atoms with Crippen LogP contribution in [0.3, 0.4) is 0 Å². The van der Waals surface area contributed by atoms with Gasteiger partial charge in [0.2, 0.25) is 5.69 Å². The van der Waals surface area contributed by atoms with E-state index in [2.05, 4.69) is 0 Å². The van der Waals surface area contributed by atoms with Crippen molar-refractivity contribution in [3.05, 3.63) is 35.9 Å². The molecule has 0 fully saturated rings. The first-order chi connectivity index (χ1) is 10.9. The summed E-state index contributed by atoms with van der Waals surface area (Å²) in [5, 5.41) is 0.635. The standard InChI is InChI=1S/C17H17F3NO2S/c1-10-16(2,3)15-12-8-6-5-7-11(12)14(9-13(15)21(10)4)24(22,23)17(18,19)20/h5-9H,1-4H3/q+1. The molecule has 0 aromatic heterocycles. The second-order valence-corrected chi connectivity index (χ2v) is 8.44. The summed E-state index contributed by atoms with van der Waals surface area (Å²) in [7, 11) is -3.70. The van der Waals surface area contributed by atoms with Gasteiger partial charge in [0.15, 0.2) is 5.71 Å². The molecular weight excluding hydrogens is 339 g/mol. The van der Waals surface area contributed by atoms with Crippen LogP contribution in [0.4, 0.5) is 18.9 Å². The molecule has 3 nitrogen and oxygen atoms in total.